The second kappa shape index (κ2) is 5.16. The van der Waals surface area contributed by atoms with E-state index in [0.29, 0.717) is 19.4 Å². The molecule has 0 spiro atoms. The fraction of sp³-hybridized carbons (Fsp3) is 0.889. The number of alkyl halides is 3. The fourth-order valence-corrected chi connectivity index (χ4v) is 2.89. The highest BCUT2D eigenvalue weighted by Crippen LogP contribution is 2.28. The number of Topliss-reactive ketones (excluding diaryl/α,β-unsaturated/α-hetero) is 1. The van der Waals surface area contributed by atoms with Gasteiger partial charge in [0.15, 0.2) is 0 Å². The predicted molar refractivity (Wildman–Crippen MR) is 59.6 cm³/mol. The number of carbonyl (C=O) groups excluding carboxylic acids is 1. The maximum atomic E-state index is 12.5. The van der Waals surface area contributed by atoms with Gasteiger partial charge in [-0.1, -0.05) is 0 Å². The number of rotatable bonds is 4. The third kappa shape index (κ3) is 4.48. The Kier molecular flexibility index (Phi) is 4.49. The molecule has 1 rings (SSSR count). The van der Waals surface area contributed by atoms with Gasteiger partial charge in [0, 0.05) is 19.5 Å². The molecule has 1 fully saturated rings. The average Bonchev–Trinajstić information content (AvgIpc) is 2.15. The lowest BCUT2D eigenvalue weighted by molar-refractivity contribution is -0.134. The molecule has 0 N–H and O–H groups in total. The first-order valence-corrected chi connectivity index (χ1v) is 7.38. The minimum Gasteiger partial charge on any atom is -0.291 e. The molecule has 4 nitrogen and oxygen atoms in total. The van der Waals surface area contributed by atoms with E-state index in [1.165, 1.54) is 4.31 Å². The molecule has 1 aliphatic heterocycles. The van der Waals surface area contributed by atoms with Gasteiger partial charge in [-0.15, -0.1) is 0 Å². The molecule has 1 heterocycles. The van der Waals surface area contributed by atoms with Crippen LogP contribution in [0.2, 0.25) is 0 Å². The average molecular weight is 290 g/mol. The summed E-state index contributed by atoms with van der Waals surface area (Å²) in [6.45, 7) is 0.484. The molecule has 1 saturated heterocycles. The zero-order chi connectivity index (χ0) is 13.3. The summed E-state index contributed by atoms with van der Waals surface area (Å²) in [5, 5.41) is -3.85. The molecule has 1 unspecified atom stereocenters. The molecule has 0 radical (unpaired) electrons. The molecule has 0 saturated carbocycles. The van der Waals surface area contributed by atoms with Gasteiger partial charge < -0.3 is 0 Å². The second-order valence-electron chi connectivity index (χ2n) is 4.25. The van der Waals surface area contributed by atoms with E-state index in [-0.39, 0.29) is 18.9 Å². The lowest BCUT2D eigenvalue weighted by Crippen LogP contribution is -2.40. The van der Waals surface area contributed by atoms with Crippen molar-refractivity contribution in [2.24, 2.45) is 5.92 Å². The van der Waals surface area contributed by atoms with E-state index in [1.54, 1.807) is 0 Å². The Morgan fingerprint density at radius 2 is 2.12 bits per heavy atom. The van der Waals surface area contributed by atoms with Gasteiger partial charge in [0.05, 0.1) is 6.26 Å². The van der Waals surface area contributed by atoms with Crippen molar-refractivity contribution in [2.45, 2.75) is 24.6 Å². The number of nitrogens with zero attached hydrogens (tertiary/aromatic N) is 1. The van der Waals surface area contributed by atoms with Gasteiger partial charge in [-0.2, -0.15) is 8.78 Å². The van der Waals surface area contributed by atoms with Crippen LogP contribution >= 0.6 is 11.6 Å². The number of hydrogen-bond acceptors (Lipinski definition) is 3. The summed E-state index contributed by atoms with van der Waals surface area (Å²) in [7, 11) is -3.33. The van der Waals surface area contributed by atoms with E-state index >= 15 is 0 Å². The van der Waals surface area contributed by atoms with E-state index in [1.807, 2.05) is 0 Å². The normalized spacial score (nSPS) is 23.6. The third-order valence-corrected chi connectivity index (χ3v) is 4.22. The van der Waals surface area contributed by atoms with Gasteiger partial charge >= 0.3 is 5.38 Å². The van der Waals surface area contributed by atoms with Crippen molar-refractivity contribution >= 4 is 27.4 Å². The smallest absolute Gasteiger partial charge is 0.291 e. The minimum absolute atomic E-state index is 0.109. The first-order chi connectivity index (χ1) is 7.60. The monoisotopic (exact) mass is 289 g/mol. The van der Waals surface area contributed by atoms with Crippen LogP contribution in [0.15, 0.2) is 0 Å². The van der Waals surface area contributed by atoms with Crippen molar-refractivity contribution in [1.29, 1.82) is 0 Å². The number of ketones is 1. The van der Waals surface area contributed by atoms with Gasteiger partial charge in [0.2, 0.25) is 15.8 Å². The van der Waals surface area contributed by atoms with Crippen LogP contribution in [-0.4, -0.2) is 43.2 Å². The molecule has 100 valence electrons. The molecule has 1 atom stereocenters. The fourth-order valence-electron chi connectivity index (χ4n) is 1.87. The Balaban J connectivity index is 2.60. The van der Waals surface area contributed by atoms with Gasteiger partial charge in [-0.25, -0.2) is 12.7 Å². The van der Waals surface area contributed by atoms with E-state index in [0.717, 1.165) is 6.26 Å². The molecule has 0 amide bonds. The summed E-state index contributed by atoms with van der Waals surface area (Å²) >= 11 is 4.61. The topological polar surface area (TPSA) is 54.5 Å². The molecular formula is C9H14ClF2NO3S. The molecule has 17 heavy (non-hydrogen) atoms. The maximum absolute atomic E-state index is 12.5. The molecule has 0 bridgehead atoms. The van der Waals surface area contributed by atoms with Crippen molar-refractivity contribution in [3.8, 4) is 0 Å². The van der Waals surface area contributed by atoms with Crippen LogP contribution < -0.4 is 0 Å². The van der Waals surface area contributed by atoms with Crippen LogP contribution in [0.1, 0.15) is 19.3 Å². The quantitative estimate of drug-likeness (QED) is 0.736. The van der Waals surface area contributed by atoms with Crippen molar-refractivity contribution in [2.75, 3.05) is 19.3 Å². The standard InChI is InChI=1S/C9H14ClF2NO3S/c1-17(15,16)13-4-2-3-7(6-13)5-8(14)9(10,11)12/h7H,2-6H2,1H3. The summed E-state index contributed by atoms with van der Waals surface area (Å²) in [5.74, 6) is -1.73. The number of piperidine rings is 1. The van der Waals surface area contributed by atoms with E-state index in [2.05, 4.69) is 11.6 Å². The molecule has 0 aromatic heterocycles. The predicted octanol–water partition coefficient (Wildman–Crippen LogP) is 1.45. The van der Waals surface area contributed by atoms with Crippen LogP contribution in [0.4, 0.5) is 8.78 Å². The highest BCUT2D eigenvalue weighted by molar-refractivity contribution is 7.88. The SMILES string of the molecule is CS(=O)(=O)N1CCCC(CC(=O)C(F)(F)Cl)C1. The third-order valence-electron chi connectivity index (χ3n) is 2.74. The van der Waals surface area contributed by atoms with Crippen LogP contribution in [0.5, 0.6) is 0 Å². The molecular weight excluding hydrogens is 276 g/mol. The first-order valence-electron chi connectivity index (χ1n) is 5.16. The van der Waals surface area contributed by atoms with Gasteiger partial charge in [0.25, 0.3) is 0 Å². The van der Waals surface area contributed by atoms with Crippen molar-refractivity contribution in [3.05, 3.63) is 0 Å². The summed E-state index contributed by atoms with van der Waals surface area (Å²) in [4.78, 5) is 11.0. The van der Waals surface area contributed by atoms with E-state index in [9.17, 15) is 22.0 Å². The van der Waals surface area contributed by atoms with Gasteiger partial charge in [-0.05, 0) is 30.4 Å². The van der Waals surface area contributed by atoms with Crippen LogP contribution in [0, 0.1) is 5.92 Å². The van der Waals surface area contributed by atoms with Crippen molar-refractivity contribution in [3.63, 3.8) is 0 Å². The van der Waals surface area contributed by atoms with Gasteiger partial charge in [0.1, 0.15) is 0 Å². The molecule has 0 aromatic rings. The maximum Gasteiger partial charge on any atom is 0.380 e. The van der Waals surface area contributed by atoms with Crippen LogP contribution in [0.3, 0.4) is 0 Å². The van der Waals surface area contributed by atoms with E-state index in [4.69, 9.17) is 0 Å². The highest BCUT2D eigenvalue weighted by Gasteiger charge is 2.38. The summed E-state index contributed by atoms with van der Waals surface area (Å²) in [6.07, 6.45) is 1.81. The number of sulfonamides is 1. The zero-order valence-corrected chi connectivity index (χ0v) is 10.9. The first kappa shape index (κ1) is 14.8. The Morgan fingerprint density at radius 1 is 1.53 bits per heavy atom. The Bertz CT molecular complexity index is 394. The minimum atomic E-state index is -3.85. The van der Waals surface area contributed by atoms with Gasteiger partial charge in [-0.3, -0.25) is 4.79 Å². The molecule has 0 aromatic carbocycles. The highest BCUT2D eigenvalue weighted by atomic mass is 35.5. The van der Waals surface area contributed by atoms with E-state index < -0.39 is 21.2 Å². The number of carbonyl (C=O) groups is 1. The zero-order valence-electron chi connectivity index (χ0n) is 9.33. The van der Waals surface area contributed by atoms with Crippen LogP contribution in [0.25, 0.3) is 0 Å². The molecule has 0 aliphatic carbocycles. The lowest BCUT2D eigenvalue weighted by atomic mass is 9.94. The lowest BCUT2D eigenvalue weighted by Gasteiger charge is -2.30. The summed E-state index contributed by atoms with van der Waals surface area (Å²) in [5.41, 5.74) is 0. The molecule has 1 aliphatic rings. The van der Waals surface area contributed by atoms with Crippen molar-refractivity contribution in [1.82, 2.24) is 4.31 Å². The Labute approximate surface area is 104 Å². The Morgan fingerprint density at radius 3 is 2.59 bits per heavy atom. The summed E-state index contributed by atoms with van der Waals surface area (Å²) in [6, 6.07) is 0. The molecule has 8 heteroatoms. The second-order valence-corrected chi connectivity index (χ2v) is 6.71. The summed E-state index contributed by atoms with van der Waals surface area (Å²) < 4.78 is 48.7. The van der Waals surface area contributed by atoms with Crippen molar-refractivity contribution < 1.29 is 22.0 Å². The van der Waals surface area contributed by atoms with Crippen LogP contribution in [-0.2, 0) is 14.8 Å². The largest absolute Gasteiger partial charge is 0.380 e. The number of hydrogen-bond donors (Lipinski definition) is 0. The Hall–Kier alpha value is -0.270. The number of halogens is 3.